The van der Waals surface area contributed by atoms with E-state index in [0.717, 1.165) is 8.95 Å². The van der Waals surface area contributed by atoms with Crippen molar-refractivity contribution in [2.45, 2.75) is 39.9 Å². The van der Waals surface area contributed by atoms with Crippen LogP contribution in [0.2, 0.25) is 0 Å². The van der Waals surface area contributed by atoms with Gasteiger partial charge in [-0.3, -0.25) is 9.69 Å². The number of esters is 1. The van der Waals surface area contributed by atoms with Crippen LogP contribution in [0.5, 0.6) is 0 Å². The molecular formula is C17H21Br2NO2S2. The molecule has 2 rings (SSSR count). The quantitative estimate of drug-likeness (QED) is 0.426. The van der Waals surface area contributed by atoms with Crippen LogP contribution in [-0.4, -0.2) is 23.5 Å². The average molecular weight is 495 g/mol. The Balaban J connectivity index is 2.30. The zero-order valence-electron chi connectivity index (χ0n) is 13.9. The minimum absolute atomic E-state index is 0.146. The van der Waals surface area contributed by atoms with E-state index in [1.165, 1.54) is 9.75 Å². The van der Waals surface area contributed by atoms with Gasteiger partial charge in [0.15, 0.2) is 0 Å². The van der Waals surface area contributed by atoms with E-state index in [4.69, 9.17) is 4.74 Å². The molecule has 2 heterocycles. The molecule has 0 saturated heterocycles. The van der Waals surface area contributed by atoms with Crippen LogP contribution in [0.4, 0.5) is 0 Å². The molecular weight excluding hydrogens is 474 g/mol. The maximum absolute atomic E-state index is 12.6. The molecule has 0 N–H and O–H groups in total. The average Bonchev–Trinajstić information content (AvgIpc) is 3.09. The summed E-state index contributed by atoms with van der Waals surface area (Å²) in [6.07, 6.45) is 0. The summed E-state index contributed by atoms with van der Waals surface area (Å²) in [5.74, 6) is 0.0226. The smallest absolute Gasteiger partial charge is 0.323 e. The zero-order valence-corrected chi connectivity index (χ0v) is 18.7. The van der Waals surface area contributed by atoms with Gasteiger partial charge in [-0.15, -0.1) is 22.7 Å². The number of halogens is 2. The van der Waals surface area contributed by atoms with Gasteiger partial charge in [-0.1, -0.05) is 13.8 Å². The highest BCUT2D eigenvalue weighted by atomic mass is 79.9. The summed E-state index contributed by atoms with van der Waals surface area (Å²) in [6.45, 7) is 7.82. The molecule has 0 spiro atoms. The van der Waals surface area contributed by atoms with Gasteiger partial charge in [0.2, 0.25) is 0 Å². The number of carbonyl (C=O) groups excluding carboxylic acids is 1. The highest BCUT2D eigenvalue weighted by Gasteiger charge is 2.31. The van der Waals surface area contributed by atoms with Gasteiger partial charge in [0.1, 0.15) is 6.04 Å². The number of nitrogens with zero attached hydrogens (tertiary/aromatic N) is 1. The van der Waals surface area contributed by atoms with Crippen LogP contribution in [0.1, 0.15) is 30.5 Å². The summed E-state index contributed by atoms with van der Waals surface area (Å²) < 4.78 is 7.53. The largest absolute Gasteiger partial charge is 0.465 e. The molecule has 0 saturated carbocycles. The molecule has 0 aromatic carbocycles. The van der Waals surface area contributed by atoms with Crippen LogP contribution < -0.4 is 0 Å². The summed E-state index contributed by atoms with van der Waals surface area (Å²) in [5.41, 5.74) is 0. The third kappa shape index (κ3) is 5.14. The summed E-state index contributed by atoms with van der Waals surface area (Å²) in [6, 6.07) is 3.83. The van der Waals surface area contributed by atoms with Crippen LogP contribution in [0.3, 0.4) is 0 Å². The Kier molecular flexibility index (Phi) is 7.94. The van der Waals surface area contributed by atoms with Crippen molar-refractivity contribution >= 4 is 60.5 Å². The first-order valence-electron chi connectivity index (χ1n) is 7.78. The molecule has 1 atom stereocenters. The molecule has 2 aromatic heterocycles. The summed E-state index contributed by atoms with van der Waals surface area (Å²) in [7, 11) is 0. The van der Waals surface area contributed by atoms with E-state index in [0.29, 0.717) is 19.7 Å². The van der Waals surface area contributed by atoms with Crippen LogP contribution in [0.15, 0.2) is 31.8 Å². The van der Waals surface area contributed by atoms with Crippen LogP contribution >= 0.6 is 54.5 Å². The van der Waals surface area contributed by atoms with Crippen molar-refractivity contribution < 1.29 is 9.53 Å². The monoisotopic (exact) mass is 493 g/mol. The van der Waals surface area contributed by atoms with E-state index >= 15 is 0 Å². The summed E-state index contributed by atoms with van der Waals surface area (Å²) >= 11 is 10.6. The third-order valence-electron chi connectivity index (χ3n) is 3.63. The molecule has 0 amide bonds. The first-order valence-corrected chi connectivity index (χ1v) is 11.1. The van der Waals surface area contributed by atoms with Gasteiger partial charge in [-0.05, 0) is 67.6 Å². The second-order valence-electron chi connectivity index (χ2n) is 5.73. The van der Waals surface area contributed by atoms with Gasteiger partial charge in [0, 0.05) is 31.8 Å². The molecule has 7 heteroatoms. The Hall–Kier alpha value is -0.210. The number of thiophene rings is 2. The van der Waals surface area contributed by atoms with E-state index in [1.807, 2.05) is 19.1 Å². The maximum Gasteiger partial charge on any atom is 0.323 e. The van der Waals surface area contributed by atoms with Crippen LogP contribution in [-0.2, 0) is 22.6 Å². The lowest BCUT2D eigenvalue weighted by Crippen LogP contribution is -2.44. The van der Waals surface area contributed by atoms with Crippen LogP contribution in [0.25, 0.3) is 0 Å². The zero-order chi connectivity index (χ0) is 17.7. The number of hydrogen-bond donors (Lipinski definition) is 0. The van der Waals surface area contributed by atoms with Crippen molar-refractivity contribution in [1.29, 1.82) is 0 Å². The topological polar surface area (TPSA) is 29.5 Å². The van der Waals surface area contributed by atoms with E-state index in [9.17, 15) is 4.79 Å². The van der Waals surface area contributed by atoms with E-state index in [1.54, 1.807) is 22.7 Å². The van der Waals surface area contributed by atoms with Crippen molar-refractivity contribution in [2.24, 2.45) is 5.92 Å². The standard InChI is InChI=1S/C17H21Br2NO2S2/c1-4-22-17(21)16(11(2)3)20(9-14-12(18)5-7-23-14)10-15-13(19)6-8-24-15/h5-8,11,16H,4,9-10H2,1-3H3/t16-/m0/s1. The Labute approximate surface area is 168 Å². The van der Waals surface area contributed by atoms with Gasteiger partial charge in [0.05, 0.1) is 6.61 Å². The first-order chi connectivity index (χ1) is 11.4. The Morgan fingerprint density at radius 1 is 1.12 bits per heavy atom. The Bertz CT molecular complexity index is 627. The van der Waals surface area contributed by atoms with E-state index in [-0.39, 0.29) is 17.9 Å². The number of ether oxygens (including phenoxy) is 1. The van der Waals surface area contributed by atoms with E-state index < -0.39 is 0 Å². The Morgan fingerprint density at radius 2 is 1.62 bits per heavy atom. The molecule has 24 heavy (non-hydrogen) atoms. The maximum atomic E-state index is 12.6. The van der Waals surface area contributed by atoms with Gasteiger partial charge in [0.25, 0.3) is 0 Å². The highest BCUT2D eigenvalue weighted by Crippen LogP contribution is 2.30. The molecule has 2 aromatic rings. The Morgan fingerprint density at radius 3 is 1.96 bits per heavy atom. The minimum atomic E-state index is -0.270. The van der Waals surface area contributed by atoms with Crippen molar-refractivity contribution in [1.82, 2.24) is 4.90 Å². The normalized spacial score (nSPS) is 12.8. The molecule has 3 nitrogen and oxygen atoms in total. The van der Waals surface area contributed by atoms with Crippen molar-refractivity contribution in [2.75, 3.05) is 6.61 Å². The van der Waals surface area contributed by atoms with Crippen molar-refractivity contribution in [3.05, 3.63) is 41.6 Å². The summed E-state index contributed by atoms with van der Waals surface area (Å²) in [5, 5.41) is 4.13. The molecule has 0 radical (unpaired) electrons. The van der Waals surface area contributed by atoms with Crippen LogP contribution in [0, 0.1) is 5.92 Å². The second kappa shape index (κ2) is 9.48. The lowest BCUT2D eigenvalue weighted by Gasteiger charge is -2.32. The van der Waals surface area contributed by atoms with Crippen molar-refractivity contribution in [3.8, 4) is 0 Å². The van der Waals surface area contributed by atoms with E-state index in [2.05, 4.69) is 61.4 Å². The molecule has 0 aliphatic carbocycles. The number of rotatable bonds is 8. The van der Waals surface area contributed by atoms with Gasteiger partial charge < -0.3 is 4.74 Å². The SMILES string of the molecule is CCOC(=O)[C@H](C(C)C)N(Cc1sccc1Br)Cc1sccc1Br. The highest BCUT2D eigenvalue weighted by molar-refractivity contribution is 9.10. The number of hydrogen-bond acceptors (Lipinski definition) is 5. The predicted molar refractivity (Wildman–Crippen MR) is 109 cm³/mol. The first kappa shape index (κ1) is 20.1. The molecule has 0 bridgehead atoms. The molecule has 0 aliphatic rings. The summed E-state index contributed by atoms with van der Waals surface area (Å²) in [4.78, 5) is 17.2. The lowest BCUT2D eigenvalue weighted by molar-refractivity contribution is -0.152. The second-order valence-corrected chi connectivity index (χ2v) is 9.44. The van der Waals surface area contributed by atoms with Gasteiger partial charge in [-0.25, -0.2) is 0 Å². The van der Waals surface area contributed by atoms with Gasteiger partial charge >= 0.3 is 5.97 Å². The molecule has 0 unspecified atom stereocenters. The predicted octanol–water partition coefficient (Wildman–Crippen LogP) is 5.92. The fraction of sp³-hybridized carbons (Fsp3) is 0.471. The molecule has 0 aliphatic heterocycles. The van der Waals surface area contributed by atoms with Crippen molar-refractivity contribution in [3.63, 3.8) is 0 Å². The lowest BCUT2D eigenvalue weighted by atomic mass is 10.0. The third-order valence-corrected chi connectivity index (χ3v) is 7.45. The number of carbonyl (C=O) groups is 1. The fourth-order valence-corrected chi connectivity index (χ4v) is 5.57. The fourth-order valence-electron chi connectivity index (χ4n) is 2.57. The molecule has 0 fully saturated rings. The minimum Gasteiger partial charge on any atom is -0.465 e. The molecule has 132 valence electrons. The van der Waals surface area contributed by atoms with Gasteiger partial charge in [-0.2, -0.15) is 0 Å².